The summed E-state index contributed by atoms with van der Waals surface area (Å²) >= 11 is 0. The van der Waals surface area contributed by atoms with Crippen LogP contribution in [0.1, 0.15) is 18.0 Å². The van der Waals surface area contributed by atoms with Crippen LogP contribution in [-0.2, 0) is 0 Å². The van der Waals surface area contributed by atoms with Crippen LogP contribution in [0.25, 0.3) is 22.2 Å². The summed E-state index contributed by atoms with van der Waals surface area (Å²) in [6, 6.07) is 10.3. The zero-order valence-corrected chi connectivity index (χ0v) is 18.7. The number of methoxy groups -OCH3 is 2. The molecule has 3 aromatic rings. The van der Waals surface area contributed by atoms with Gasteiger partial charge in [-0.15, -0.1) is 0 Å². The normalized spacial score (nSPS) is 14.0. The summed E-state index contributed by atoms with van der Waals surface area (Å²) < 4.78 is 11.0. The molecule has 2 N–H and O–H groups in total. The van der Waals surface area contributed by atoms with Gasteiger partial charge in [0.25, 0.3) is 0 Å². The molecule has 1 aliphatic rings. The Balaban J connectivity index is 1.70. The molecule has 1 aliphatic heterocycles. The van der Waals surface area contributed by atoms with E-state index in [1.54, 1.807) is 14.2 Å². The van der Waals surface area contributed by atoms with Crippen LogP contribution in [0, 0.1) is 0 Å². The zero-order chi connectivity index (χ0) is 21.8. The van der Waals surface area contributed by atoms with Crippen LogP contribution < -0.4 is 20.1 Å². The lowest BCUT2D eigenvalue weighted by atomic mass is 9.98. The highest BCUT2D eigenvalue weighted by Gasteiger charge is 2.20. The summed E-state index contributed by atoms with van der Waals surface area (Å²) in [6.07, 6.45) is 2.98. The third kappa shape index (κ3) is 4.73. The van der Waals surface area contributed by atoms with Gasteiger partial charge < -0.3 is 25.0 Å². The van der Waals surface area contributed by atoms with Gasteiger partial charge in [-0.25, -0.2) is 4.98 Å². The monoisotopic (exact) mass is 421 g/mol. The average Bonchev–Trinajstić information content (AvgIpc) is 2.74. The highest BCUT2D eigenvalue weighted by Crippen LogP contribution is 2.36. The van der Waals surface area contributed by atoms with Crippen LogP contribution >= 0.6 is 0 Å². The minimum Gasteiger partial charge on any atom is -0.493 e. The van der Waals surface area contributed by atoms with Crippen molar-refractivity contribution in [1.82, 2.24) is 20.2 Å². The third-order valence-corrected chi connectivity index (χ3v) is 5.69. The first-order chi connectivity index (χ1) is 15.1. The summed E-state index contributed by atoms with van der Waals surface area (Å²) in [5.41, 5.74) is 4.92. The molecule has 0 spiro atoms. The second-order valence-electron chi connectivity index (χ2n) is 8.19. The quantitative estimate of drug-likeness (QED) is 0.513. The Hall–Kier alpha value is -2.90. The van der Waals surface area contributed by atoms with E-state index in [0.717, 1.165) is 66.1 Å². The van der Waals surface area contributed by atoms with E-state index in [4.69, 9.17) is 19.4 Å². The number of nitrogens with one attached hydrogen (secondary N) is 2. The number of aromatic nitrogens is 2. The molecule has 3 heterocycles. The van der Waals surface area contributed by atoms with E-state index < -0.39 is 0 Å². The Labute approximate surface area is 183 Å². The van der Waals surface area contributed by atoms with Gasteiger partial charge in [0.2, 0.25) is 0 Å². The minimum atomic E-state index is 0.518. The predicted octanol–water partition coefficient (Wildman–Crippen LogP) is 3.36. The summed E-state index contributed by atoms with van der Waals surface area (Å²) in [7, 11) is 7.48. The summed E-state index contributed by atoms with van der Waals surface area (Å²) in [4.78, 5) is 11.8. The highest BCUT2D eigenvalue weighted by atomic mass is 16.5. The van der Waals surface area contributed by atoms with Crippen LogP contribution in [0.2, 0.25) is 0 Å². The van der Waals surface area contributed by atoms with Crippen LogP contribution in [-0.4, -0.2) is 69.4 Å². The molecule has 0 radical (unpaired) electrons. The van der Waals surface area contributed by atoms with Crippen molar-refractivity contribution in [3.05, 3.63) is 42.2 Å². The van der Waals surface area contributed by atoms with Crippen molar-refractivity contribution in [3.63, 3.8) is 0 Å². The lowest BCUT2D eigenvalue weighted by molar-refractivity contribution is 0.356. The molecule has 0 amide bonds. The number of anilines is 1. The van der Waals surface area contributed by atoms with E-state index >= 15 is 0 Å². The van der Waals surface area contributed by atoms with Crippen molar-refractivity contribution in [1.29, 1.82) is 0 Å². The number of hydrogen-bond acceptors (Lipinski definition) is 7. The first-order valence-electron chi connectivity index (χ1n) is 10.7. The molecule has 0 bridgehead atoms. The number of pyridine rings is 2. The van der Waals surface area contributed by atoms with Crippen LogP contribution in [0.3, 0.4) is 0 Å². The molecule has 1 fully saturated rings. The zero-order valence-electron chi connectivity index (χ0n) is 18.7. The first kappa shape index (κ1) is 21.3. The van der Waals surface area contributed by atoms with Crippen LogP contribution in [0.4, 0.5) is 5.69 Å². The lowest BCUT2D eigenvalue weighted by Gasteiger charge is -2.26. The van der Waals surface area contributed by atoms with E-state index in [2.05, 4.69) is 47.8 Å². The fourth-order valence-electron chi connectivity index (χ4n) is 3.76. The summed E-state index contributed by atoms with van der Waals surface area (Å²) in [5.74, 6) is 1.88. The predicted molar refractivity (Wildman–Crippen MR) is 125 cm³/mol. The molecular weight excluding hydrogens is 390 g/mol. The van der Waals surface area contributed by atoms with Crippen LogP contribution in [0.15, 0.2) is 36.5 Å². The van der Waals surface area contributed by atoms with E-state index in [9.17, 15) is 0 Å². The van der Waals surface area contributed by atoms with Gasteiger partial charge in [0, 0.05) is 60.1 Å². The van der Waals surface area contributed by atoms with Crippen molar-refractivity contribution in [2.45, 2.75) is 12.3 Å². The first-order valence-corrected chi connectivity index (χ1v) is 10.7. The maximum Gasteiger partial charge on any atom is 0.162 e. The van der Waals surface area contributed by atoms with Gasteiger partial charge in [-0.2, -0.15) is 0 Å². The molecule has 2 aromatic heterocycles. The van der Waals surface area contributed by atoms with E-state index in [0.29, 0.717) is 17.4 Å². The van der Waals surface area contributed by atoms with Gasteiger partial charge in [0.15, 0.2) is 11.5 Å². The van der Waals surface area contributed by atoms with Crippen LogP contribution in [0.5, 0.6) is 11.5 Å². The Morgan fingerprint density at radius 1 is 1.10 bits per heavy atom. The SMILES string of the molecule is COc1cc2nc(-c3ccc(C4CNC4)nc3)cc(NCCCN(C)C)c2cc1OC. The molecule has 0 saturated carbocycles. The van der Waals surface area contributed by atoms with E-state index in [-0.39, 0.29) is 0 Å². The molecule has 1 saturated heterocycles. The molecule has 0 unspecified atom stereocenters. The fourth-order valence-corrected chi connectivity index (χ4v) is 3.76. The van der Waals surface area contributed by atoms with E-state index in [1.807, 2.05) is 18.3 Å². The molecule has 164 valence electrons. The molecule has 31 heavy (non-hydrogen) atoms. The van der Waals surface area contributed by atoms with Gasteiger partial charge in [0.05, 0.1) is 25.4 Å². The summed E-state index contributed by atoms with van der Waals surface area (Å²) in [5, 5.41) is 7.91. The second kappa shape index (κ2) is 9.49. The average molecular weight is 422 g/mol. The number of fused-ring (bicyclic) bond motifs is 1. The molecule has 4 rings (SSSR count). The third-order valence-electron chi connectivity index (χ3n) is 5.69. The van der Waals surface area contributed by atoms with Crippen molar-refractivity contribution in [2.75, 3.05) is 59.8 Å². The topological polar surface area (TPSA) is 71.5 Å². The number of ether oxygens (including phenoxy) is 2. The Kier molecular flexibility index (Phi) is 6.53. The molecule has 7 heteroatoms. The number of nitrogens with zero attached hydrogens (tertiary/aromatic N) is 3. The molecular formula is C24H31N5O2. The van der Waals surface area contributed by atoms with Crippen molar-refractivity contribution in [3.8, 4) is 22.8 Å². The largest absolute Gasteiger partial charge is 0.493 e. The molecule has 1 aromatic carbocycles. The Morgan fingerprint density at radius 2 is 1.87 bits per heavy atom. The van der Waals surface area contributed by atoms with Gasteiger partial charge in [0.1, 0.15) is 0 Å². The number of hydrogen-bond donors (Lipinski definition) is 2. The maximum absolute atomic E-state index is 5.52. The highest BCUT2D eigenvalue weighted by molar-refractivity contribution is 5.96. The lowest BCUT2D eigenvalue weighted by Crippen LogP contribution is -2.40. The summed E-state index contributed by atoms with van der Waals surface area (Å²) in [6.45, 7) is 3.91. The van der Waals surface area contributed by atoms with Crippen molar-refractivity contribution >= 4 is 16.6 Å². The van der Waals surface area contributed by atoms with Crippen molar-refractivity contribution in [2.24, 2.45) is 0 Å². The Bertz CT molecular complexity index is 1030. The van der Waals surface area contributed by atoms with Crippen molar-refractivity contribution < 1.29 is 9.47 Å². The smallest absolute Gasteiger partial charge is 0.162 e. The standard InChI is InChI=1S/C24H31N5O2/c1-29(2)9-5-8-26-21-11-20(16-6-7-19(27-15-16)17-13-25-14-17)28-22-12-24(31-4)23(30-3)10-18(21)22/h6-7,10-12,15,17,25H,5,8-9,13-14H2,1-4H3,(H,26,28). The van der Waals surface area contributed by atoms with Gasteiger partial charge >= 0.3 is 0 Å². The Morgan fingerprint density at radius 3 is 2.48 bits per heavy atom. The van der Waals surface area contributed by atoms with Gasteiger partial charge in [-0.05, 0) is 51.3 Å². The maximum atomic E-state index is 5.52. The fraction of sp³-hybridized carbons (Fsp3) is 0.417. The van der Waals surface area contributed by atoms with Gasteiger partial charge in [-0.1, -0.05) is 0 Å². The molecule has 0 aliphatic carbocycles. The number of rotatable bonds is 9. The second-order valence-corrected chi connectivity index (χ2v) is 8.19. The van der Waals surface area contributed by atoms with Gasteiger partial charge in [-0.3, -0.25) is 4.98 Å². The molecule has 0 atom stereocenters. The molecule has 7 nitrogen and oxygen atoms in total. The van der Waals surface area contributed by atoms with E-state index in [1.165, 1.54) is 0 Å². The number of benzene rings is 1. The minimum absolute atomic E-state index is 0.518.